The van der Waals surface area contributed by atoms with E-state index in [9.17, 15) is 0 Å². The smallest absolute Gasteiger partial charge is 0.0587 e. The van der Waals surface area contributed by atoms with Gasteiger partial charge in [-0.05, 0) is 42.9 Å². The molecular weight excluding hydrogens is 222 g/mol. The Morgan fingerprint density at radius 3 is 2.67 bits per heavy atom. The molecule has 0 atom stereocenters. The highest BCUT2D eigenvalue weighted by Crippen LogP contribution is 2.11. The van der Waals surface area contributed by atoms with Gasteiger partial charge in [-0.3, -0.25) is 0 Å². The van der Waals surface area contributed by atoms with Crippen molar-refractivity contribution in [3.05, 3.63) is 35.4 Å². The van der Waals surface area contributed by atoms with Gasteiger partial charge in [-0.25, -0.2) is 0 Å². The summed E-state index contributed by atoms with van der Waals surface area (Å²) in [5.74, 6) is 0.732. The molecule has 0 saturated carbocycles. The molecule has 2 nitrogen and oxygen atoms in total. The van der Waals surface area contributed by atoms with Crippen molar-refractivity contribution in [2.75, 3.05) is 26.8 Å². The standard InChI is InChI=1S/C16H27NO/c1-14(2)12-16-7-4-6-15(13-16)8-5-9-17-10-11-18-3/h4,6-7,13-14,17H,5,8-12H2,1-3H3. The predicted molar refractivity (Wildman–Crippen MR) is 78.1 cm³/mol. The third-order valence-electron chi connectivity index (χ3n) is 2.94. The van der Waals surface area contributed by atoms with E-state index in [0.717, 1.165) is 32.0 Å². The molecule has 0 aromatic heterocycles. The van der Waals surface area contributed by atoms with Gasteiger partial charge >= 0.3 is 0 Å². The lowest BCUT2D eigenvalue weighted by Gasteiger charge is -2.08. The molecule has 1 rings (SSSR count). The Morgan fingerprint density at radius 1 is 1.17 bits per heavy atom. The van der Waals surface area contributed by atoms with Crippen molar-refractivity contribution in [1.29, 1.82) is 0 Å². The summed E-state index contributed by atoms with van der Waals surface area (Å²) in [5.41, 5.74) is 2.93. The largest absolute Gasteiger partial charge is 0.383 e. The van der Waals surface area contributed by atoms with Crippen molar-refractivity contribution < 1.29 is 4.74 Å². The number of nitrogens with one attached hydrogen (secondary N) is 1. The number of benzene rings is 1. The molecule has 0 saturated heterocycles. The molecule has 1 N–H and O–H groups in total. The molecule has 0 amide bonds. The molecule has 0 heterocycles. The lowest BCUT2D eigenvalue weighted by Crippen LogP contribution is -2.20. The van der Waals surface area contributed by atoms with Crippen molar-refractivity contribution in [2.24, 2.45) is 5.92 Å². The van der Waals surface area contributed by atoms with Gasteiger partial charge in [0, 0.05) is 13.7 Å². The van der Waals surface area contributed by atoms with E-state index in [1.165, 1.54) is 24.0 Å². The van der Waals surface area contributed by atoms with E-state index >= 15 is 0 Å². The second-order valence-electron chi connectivity index (χ2n) is 5.26. The zero-order valence-electron chi connectivity index (χ0n) is 12.0. The van der Waals surface area contributed by atoms with E-state index in [2.05, 4.69) is 43.4 Å². The number of ether oxygens (including phenoxy) is 1. The van der Waals surface area contributed by atoms with Crippen molar-refractivity contribution in [1.82, 2.24) is 5.32 Å². The SMILES string of the molecule is COCCNCCCc1cccc(CC(C)C)c1. The zero-order valence-corrected chi connectivity index (χ0v) is 12.0. The molecule has 1 aromatic rings. The molecule has 102 valence electrons. The Kier molecular flexibility index (Phi) is 7.70. The average molecular weight is 249 g/mol. The van der Waals surface area contributed by atoms with Gasteiger partial charge in [-0.15, -0.1) is 0 Å². The normalized spacial score (nSPS) is 11.1. The maximum atomic E-state index is 5.00. The van der Waals surface area contributed by atoms with Crippen molar-refractivity contribution in [3.63, 3.8) is 0 Å². The van der Waals surface area contributed by atoms with E-state index in [0.29, 0.717) is 0 Å². The fourth-order valence-electron chi connectivity index (χ4n) is 2.10. The first-order valence-corrected chi connectivity index (χ1v) is 7.00. The van der Waals surface area contributed by atoms with Crippen LogP contribution in [0.15, 0.2) is 24.3 Å². The topological polar surface area (TPSA) is 21.3 Å². The third kappa shape index (κ3) is 6.77. The molecule has 0 spiro atoms. The summed E-state index contributed by atoms with van der Waals surface area (Å²) >= 11 is 0. The van der Waals surface area contributed by atoms with E-state index in [1.54, 1.807) is 7.11 Å². The lowest BCUT2D eigenvalue weighted by molar-refractivity contribution is 0.199. The molecular formula is C16H27NO. The molecule has 18 heavy (non-hydrogen) atoms. The van der Waals surface area contributed by atoms with Crippen LogP contribution in [0.25, 0.3) is 0 Å². The predicted octanol–water partition coefficient (Wildman–Crippen LogP) is 3.05. The van der Waals surface area contributed by atoms with E-state index in [-0.39, 0.29) is 0 Å². The fourth-order valence-corrected chi connectivity index (χ4v) is 2.10. The van der Waals surface area contributed by atoms with Crippen LogP contribution in [0.1, 0.15) is 31.4 Å². The van der Waals surface area contributed by atoms with Crippen LogP contribution in [0.5, 0.6) is 0 Å². The number of methoxy groups -OCH3 is 1. The van der Waals surface area contributed by atoms with Crippen molar-refractivity contribution in [2.45, 2.75) is 33.1 Å². The van der Waals surface area contributed by atoms with E-state index in [4.69, 9.17) is 4.74 Å². The monoisotopic (exact) mass is 249 g/mol. The molecule has 0 unspecified atom stereocenters. The van der Waals surface area contributed by atoms with Crippen LogP contribution in [-0.4, -0.2) is 26.8 Å². The van der Waals surface area contributed by atoms with Gasteiger partial charge in [0.1, 0.15) is 0 Å². The quantitative estimate of drug-likeness (QED) is 0.679. The minimum Gasteiger partial charge on any atom is -0.383 e. The van der Waals surface area contributed by atoms with Gasteiger partial charge in [0.25, 0.3) is 0 Å². The molecule has 0 bridgehead atoms. The molecule has 1 aromatic carbocycles. The second-order valence-corrected chi connectivity index (χ2v) is 5.26. The van der Waals surface area contributed by atoms with Gasteiger partial charge in [0.2, 0.25) is 0 Å². The van der Waals surface area contributed by atoms with Crippen molar-refractivity contribution in [3.8, 4) is 0 Å². The number of hydrogen-bond donors (Lipinski definition) is 1. The van der Waals surface area contributed by atoms with Gasteiger partial charge in [0.05, 0.1) is 6.61 Å². The minimum atomic E-state index is 0.732. The average Bonchev–Trinajstić information content (AvgIpc) is 2.33. The van der Waals surface area contributed by atoms with Gasteiger partial charge in [-0.1, -0.05) is 38.1 Å². The molecule has 0 radical (unpaired) electrons. The minimum absolute atomic E-state index is 0.732. The molecule has 2 heteroatoms. The molecule has 0 aliphatic carbocycles. The summed E-state index contributed by atoms with van der Waals surface area (Å²) in [7, 11) is 1.74. The van der Waals surface area contributed by atoms with Crippen LogP contribution < -0.4 is 5.32 Å². The summed E-state index contributed by atoms with van der Waals surface area (Å²) < 4.78 is 5.00. The number of rotatable bonds is 9. The van der Waals surface area contributed by atoms with E-state index in [1.807, 2.05) is 0 Å². The Bertz CT molecular complexity index is 323. The highest BCUT2D eigenvalue weighted by molar-refractivity contribution is 5.23. The summed E-state index contributed by atoms with van der Waals surface area (Å²) in [5, 5.41) is 3.38. The second kappa shape index (κ2) is 9.12. The summed E-state index contributed by atoms with van der Waals surface area (Å²) in [4.78, 5) is 0. The van der Waals surface area contributed by atoms with E-state index < -0.39 is 0 Å². The van der Waals surface area contributed by atoms with Crippen LogP contribution >= 0.6 is 0 Å². The van der Waals surface area contributed by atoms with Crippen molar-refractivity contribution >= 4 is 0 Å². The summed E-state index contributed by atoms with van der Waals surface area (Å²) in [6.07, 6.45) is 3.53. The fraction of sp³-hybridized carbons (Fsp3) is 0.625. The first kappa shape index (κ1) is 15.2. The summed E-state index contributed by atoms with van der Waals surface area (Å²) in [6.45, 7) is 7.35. The third-order valence-corrected chi connectivity index (χ3v) is 2.94. The van der Waals surface area contributed by atoms with Crippen LogP contribution in [0, 0.1) is 5.92 Å². The Hall–Kier alpha value is -0.860. The zero-order chi connectivity index (χ0) is 13.2. The van der Waals surface area contributed by atoms with Crippen LogP contribution in [0.2, 0.25) is 0 Å². The maximum absolute atomic E-state index is 5.00. The number of aryl methyl sites for hydroxylation is 1. The Labute approximate surface area is 112 Å². The highest BCUT2D eigenvalue weighted by Gasteiger charge is 1.99. The Balaban J connectivity index is 2.25. The first-order valence-electron chi connectivity index (χ1n) is 7.00. The molecule has 0 aliphatic rings. The van der Waals surface area contributed by atoms with Crippen LogP contribution in [0.3, 0.4) is 0 Å². The lowest BCUT2D eigenvalue weighted by atomic mass is 9.99. The van der Waals surface area contributed by atoms with Crippen LogP contribution in [0.4, 0.5) is 0 Å². The highest BCUT2D eigenvalue weighted by atomic mass is 16.5. The maximum Gasteiger partial charge on any atom is 0.0587 e. The van der Waals surface area contributed by atoms with Crippen LogP contribution in [-0.2, 0) is 17.6 Å². The summed E-state index contributed by atoms with van der Waals surface area (Å²) in [6, 6.07) is 9.01. The van der Waals surface area contributed by atoms with Gasteiger partial charge in [0.15, 0.2) is 0 Å². The molecule has 0 fully saturated rings. The Morgan fingerprint density at radius 2 is 1.94 bits per heavy atom. The van der Waals surface area contributed by atoms with Gasteiger partial charge in [-0.2, -0.15) is 0 Å². The first-order chi connectivity index (χ1) is 8.72. The van der Waals surface area contributed by atoms with Gasteiger partial charge < -0.3 is 10.1 Å². The molecule has 0 aliphatic heterocycles. The number of hydrogen-bond acceptors (Lipinski definition) is 2.